The van der Waals surface area contributed by atoms with Crippen LogP contribution < -0.4 is 0 Å². The summed E-state index contributed by atoms with van der Waals surface area (Å²) in [5.74, 6) is -0.265. The second-order valence-corrected chi connectivity index (χ2v) is 7.10. The van der Waals surface area contributed by atoms with Gasteiger partial charge in [0.1, 0.15) is 0 Å². The molecule has 3 rings (SSSR count). The lowest BCUT2D eigenvalue weighted by Gasteiger charge is -2.11. The van der Waals surface area contributed by atoms with Crippen LogP contribution in [-0.4, -0.2) is 18.2 Å². The van der Waals surface area contributed by atoms with Crippen molar-refractivity contribution in [3.63, 3.8) is 0 Å². The van der Waals surface area contributed by atoms with Gasteiger partial charge >= 0.3 is 0 Å². The topological polar surface area (TPSA) is 79.9 Å². The summed E-state index contributed by atoms with van der Waals surface area (Å²) >= 11 is 0. The third kappa shape index (κ3) is 2.39. The predicted octanol–water partition coefficient (Wildman–Crippen LogP) is 3.15. The quantitative estimate of drug-likeness (QED) is 0.685. The number of benzene rings is 2. The number of nitrogens with zero attached hydrogens (tertiary/aromatic N) is 2. The minimum absolute atomic E-state index is 0.111. The molecule has 0 saturated heterocycles. The molecule has 0 fully saturated rings. The molecule has 2 aromatic carbocycles. The van der Waals surface area contributed by atoms with E-state index >= 15 is 0 Å². The van der Waals surface area contributed by atoms with Crippen LogP contribution in [0.5, 0.6) is 0 Å². The summed E-state index contributed by atoms with van der Waals surface area (Å²) < 4.78 is 27.4. The Hall–Kier alpha value is -2.91. The van der Waals surface area contributed by atoms with E-state index in [0.717, 1.165) is 3.97 Å². The van der Waals surface area contributed by atoms with Crippen LogP contribution in [-0.2, 0) is 16.4 Å². The molecule has 0 unspecified atom stereocenters. The maximum absolute atomic E-state index is 13.1. The van der Waals surface area contributed by atoms with Gasteiger partial charge in [-0.1, -0.05) is 36.4 Å². The summed E-state index contributed by atoms with van der Waals surface area (Å²) in [6.45, 7) is 1.38. The Morgan fingerprint density at radius 2 is 1.71 bits per heavy atom. The molecule has 0 amide bonds. The highest BCUT2D eigenvalue weighted by molar-refractivity contribution is 7.90. The SMILES string of the molecule is CC(=O)c1c(CC#N)n(S(=O)(=O)c2ccccc2)c2ccccc12. The molecule has 0 radical (unpaired) electrons. The number of carbonyl (C=O) groups is 1. The molecule has 24 heavy (non-hydrogen) atoms. The number of hydrogen-bond donors (Lipinski definition) is 0. The van der Waals surface area contributed by atoms with E-state index in [9.17, 15) is 13.2 Å². The summed E-state index contributed by atoms with van der Waals surface area (Å²) in [4.78, 5) is 12.2. The standard InChI is InChI=1S/C18H14N2O3S/c1-13(21)18-15-9-5-6-10-16(15)20(17(18)11-12-19)24(22,23)14-7-3-2-4-8-14/h2-10H,11H2,1H3. The fraction of sp³-hybridized carbons (Fsp3) is 0.111. The van der Waals surface area contributed by atoms with E-state index in [2.05, 4.69) is 0 Å². The number of aromatic nitrogens is 1. The van der Waals surface area contributed by atoms with E-state index in [-0.39, 0.29) is 28.4 Å². The van der Waals surface area contributed by atoms with Gasteiger partial charge < -0.3 is 0 Å². The van der Waals surface area contributed by atoms with Crippen LogP contribution in [0.2, 0.25) is 0 Å². The molecule has 6 heteroatoms. The number of para-hydroxylation sites is 1. The van der Waals surface area contributed by atoms with Gasteiger partial charge in [-0.3, -0.25) is 4.79 Å². The van der Waals surface area contributed by atoms with Crippen LogP contribution in [0.1, 0.15) is 23.0 Å². The lowest BCUT2D eigenvalue weighted by molar-refractivity contribution is 0.101. The first kappa shape index (κ1) is 16.0. The highest BCUT2D eigenvalue weighted by Gasteiger charge is 2.27. The molecule has 0 N–H and O–H groups in total. The lowest BCUT2D eigenvalue weighted by Crippen LogP contribution is -2.16. The summed E-state index contributed by atoms with van der Waals surface area (Å²) in [6.07, 6.45) is -0.171. The smallest absolute Gasteiger partial charge is 0.268 e. The van der Waals surface area contributed by atoms with Crippen molar-refractivity contribution in [2.24, 2.45) is 0 Å². The zero-order valence-corrected chi connectivity index (χ0v) is 13.7. The minimum atomic E-state index is -3.92. The van der Waals surface area contributed by atoms with E-state index in [1.54, 1.807) is 42.5 Å². The third-order valence-electron chi connectivity index (χ3n) is 3.81. The van der Waals surface area contributed by atoms with Crippen molar-refractivity contribution in [2.75, 3.05) is 0 Å². The van der Waals surface area contributed by atoms with Gasteiger partial charge in [0.2, 0.25) is 0 Å². The van der Waals surface area contributed by atoms with Crippen LogP contribution in [0.4, 0.5) is 0 Å². The first-order valence-electron chi connectivity index (χ1n) is 7.29. The molecule has 0 spiro atoms. The Bertz CT molecular complexity index is 1070. The zero-order valence-electron chi connectivity index (χ0n) is 12.9. The van der Waals surface area contributed by atoms with Gasteiger partial charge in [-0.2, -0.15) is 5.26 Å². The van der Waals surface area contributed by atoms with E-state index in [1.165, 1.54) is 19.1 Å². The van der Waals surface area contributed by atoms with Crippen LogP contribution in [0.3, 0.4) is 0 Å². The van der Waals surface area contributed by atoms with Crippen molar-refractivity contribution in [1.29, 1.82) is 5.26 Å². The number of Topliss-reactive ketones (excluding diaryl/α,β-unsaturated/α-hetero) is 1. The number of carbonyl (C=O) groups excluding carboxylic acids is 1. The van der Waals surface area contributed by atoms with Gasteiger partial charge in [0.05, 0.1) is 28.6 Å². The van der Waals surface area contributed by atoms with E-state index in [4.69, 9.17) is 5.26 Å². The first-order valence-corrected chi connectivity index (χ1v) is 8.73. The summed E-state index contributed by atoms with van der Waals surface area (Å²) in [5, 5.41) is 9.68. The Labute approximate surface area is 139 Å². The van der Waals surface area contributed by atoms with Crippen LogP contribution >= 0.6 is 0 Å². The normalized spacial score (nSPS) is 11.3. The maximum Gasteiger partial charge on any atom is 0.268 e. The van der Waals surface area contributed by atoms with Crippen molar-refractivity contribution in [3.05, 3.63) is 65.9 Å². The van der Waals surface area contributed by atoms with Gasteiger partial charge in [0, 0.05) is 10.9 Å². The molecule has 0 atom stereocenters. The number of rotatable bonds is 4. The zero-order chi connectivity index (χ0) is 17.3. The molecule has 0 saturated carbocycles. The van der Waals surface area contributed by atoms with Crippen molar-refractivity contribution in [2.45, 2.75) is 18.2 Å². The van der Waals surface area contributed by atoms with Crippen LogP contribution in [0.15, 0.2) is 59.5 Å². The lowest BCUT2D eigenvalue weighted by atomic mass is 10.1. The molecule has 0 aliphatic rings. The van der Waals surface area contributed by atoms with E-state index in [0.29, 0.717) is 10.9 Å². The second-order valence-electron chi connectivity index (χ2n) is 5.31. The molecule has 1 aromatic heterocycles. The van der Waals surface area contributed by atoms with Crippen LogP contribution in [0, 0.1) is 11.3 Å². The van der Waals surface area contributed by atoms with E-state index in [1.807, 2.05) is 6.07 Å². The number of nitriles is 1. The Balaban J connectivity index is 2.46. The van der Waals surface area contributed by atoms with Crippen LogP contribution in [0.25, 0.3) is 10.9 Å². The molecule has 3 aromatic rings. The van der Waals surface area contributed by atoms with Gasteiger partial charge in [0.15, 0.2) is 5.78 Å². The largest absolute Gasteiger partial charge is 0.294 e. The Morgan fingerprint density at radius 1 is 1.08 bits per heavy atom. The summed E-state index contributed by atoms with van der Waals surface area (Å²) in [7, 11) is -3.92. The molecule has 1 heterocycles. The molecule has 0 bridgehead atoms. The number of ketones is 1. The summed E-state index contributed by atoms with van der Waals surface area (Å²) in [6, 6.07) is 16.7. The van der Waals surface area contributed by atoms with Crippen molar-refractivity contribution in [3.8, 4) is 6.07 Å². The first-order chi connectivity index (χ1) is 11.5. The summed E-state index contributed by atoms with van der Waals surface area (Å²) in [5.41, 5.74) is 0.888. The fourth-order valence-corrected chi connectivity index (χ4v) is 4.44. The molecule has 0 aliphatic heterocycles. The van der Waals surface area contributed by atoms with Crippen molar-refractivity contribution in [1.82, 2.24) is 3.97 Å². The number of hydrogen-bond acceptors (Lipinski definition) is 4. The Morgan fingerprint density at radius 3 is 2.33 bits per heavy atom. The highest BCUT2D eigenvalue weighted by Crippen LogP contribution is 2.31. The predicted molar refractivity (Wildman–Crippen MR) is 90.3 cm³/mol. The molecule has 120 valence electrons. The molecule has 5 nitrogen and oxygen atoms in total. The van der Waals surface area contributed by atoms with Gasteiger partial charge in [0.25, 0.3) is 10.0 Å². The maximum atomic E-state index is 13.1. The molecule has 0 aliphatic carbocycles. The van der Waals surface area contributed by atoms with Gasteiger partial charge in [-0.15, -0.1) is 0 Å². The monoisotopic (exact) mass is 338 g/mol. The van der Waals surface area contributed by atoms with Gasteiger partial charge in [-0.25, -0.2) is 12.4 Å². The molecular formula is C18H14N2O3S. The Kier molecular flexibility index (Phi) is 3.96. The fourth-order valence-electron chi connectivity index (χ4n) is 2.86. The number of fused-ring (bicyclic) bond motifs is 1. The van der Waals surface area contributed by atoms with Crippen molar-refractivity contribution >= 4 is 26.7 Å². The molecular weight excluding hydrogens is 324 g/mol. The van der Waals surface area contributed by atoms with Gasteiger partial charge in [-0.05, 0) is 25.1 Å². The third-order valence-corrected chi connectivity index (χ3v) is 5.57. The average molecular weight is 338 g/mol. The van der Waals surface area contributed by atoms with E-state index < -0.39 is 10.0 Å². The second kappa shape index (κ2) is 5.95. The average Bonchev–Trinajstić information content (AvgIpc) is 2.90. The highest BCUT2D eigenvalue weighted by atomic mass is 32.2. The van der Waals surface area contributed by atoms with Crippen molar-refractivity contribution < 1.29 is 13.2 Å². The minimum Gasteiger partial charge on any atom is -0.294 e.